The van der Waals surface area contributed by atoms with Crippen molar-refractivity contribution in [2.24, 2.45) is 5.73 Å². The Bertz CT molecular complexity index is 424. The quantitative estimate of drug-likeness (QED) is 0.827. The van der Waals surface area contributed by atoms with Gasteiger partial charge in [-0.3, -0.25) is 4.72 Å². The zero-order valence-corrected chi connectivity index (χ0v) is 10.4. The van der Waals surface area contributed by atoms with Crippen LogP contribution in [-0.4, -0.2) is 14.2 Å². The highest BCUT2D eigenvalue weighted by molar-refractivity contribution is 7.92. The molecule has 90 valence electrons. The topological polar surface area (TPSA) is 72.2 Å². The van der Waals surface area contributed by atoms with Crippen LogP contribution in [0.1, 0.15) is 31.9 Å². The molecule has 0 aliphatic rings. The lowest BCUT2D eigenvalue weighted by molar-refractivity contribution is 0.600. The number of rotatable bonds is 5. The third-order valence-electron chi connectivity index (χ3n) is 2.18. The molecule has 0 amide bonds. The molecular formula is C11H18N2O2S. The summed E-state index contributed by atoms with van der Waals surface area (Å²) in [6.07, 6.45) is 0.604. The van der Waals surface area contributed by atoms with Crippen LogP contribution in [0, 0.1) is 0 Å². The summed E-state index contributed by atoms with van der Waals surface area (Å²) < 4.78 is 25.5. The molecule has 4 nitrogen and oxygen atoms in total. The smallest absolute Gasteiger partial charge is 0.232 e. The van der Waals surface area contributed by atoms with E-state index in [4.69, 9.17) is 5.73 Å². The highest BCUT2D eigenvalue weighted by atomic mass is 32.2. The van der Waals surface area contributed by atoms with Crippen LogP contribution in [0.15, 0.2) is 24.3 Å². The van der Waals surface area contributed by atoms with Crippen LogP contribution in [0.5, 0.6) is 0 Å². The van der Waals surface area contributed by atoms with Crippen molar-refractivity contribution in [2.45, 2.75) is 26.3 Å². The van der Waals surface area contributed by atoms with E-state index in [0.717, 1.165) is 5.56 Å². The van der Waals surface area contributed by atoms with Crippen molar-refractivity contribution in [2.75, 3.05) is 10.5 Å². The second-order valence-electron chi connectivity index (χ2n) is 3.83. The van der Waals surface area contributed by atoms with Crippen molar-refractivity contribution in [1.29, 1.82) is 0 Å². The lowest BCUT2D eigenvalue weighted by Crippen LogP contribution is -2.16. The predicted octanol–water partition coefficient (Wildman–Crippen LogP) is 1.86. The molecule has 0 radical (unpaired) electrons. The fourth-order valence-electron chi connectivity index (χ4n) is 1.35. The molecule has 1 aromatic rings. The lowest BCUT2D eigenvalue weighted by atomic mass is 10.1. The van der Waals surface area contributed by atoms with Gasteiger partial charge in [-0.2, -0.15) is 0 Å². The van der Waals surface area contributed by atoms with E-state index in [1.165, 1.54) is 0 Å². The van der Waals surface area contributed by atoms with Gasteiger partial charge in [-0.05, 0) is 31.0 Å². The SMILES string of the molecule is CCCS(=O)(=O)Nc1ccc([C@@H](C)N)cc1. The minimum Gasteiger partial charge on any atom is -0.324 e. The molecule has 0 fully saturated rings. The molecule has 0 unspecified atom stereocenters. The van der Waals surface area contributed by atoms with E-state index in [1.807, 2.05) is 26.0 Å². The molecule has 0 saturated carbocycles. The molecule has 0 spiro atoms. The summed E-state index contributed by atoms with van der Waals surface area (Å²) in [5.41, 5.74) is 7.27. The van der Waals surface area contributed by atoms with Gasteiger partial charge in [0.15, 0.2) is 0 Å². The monoisotopic (exact) mass is 242 g/mol. The highest BCUT2D eigenvalue weighted by Gasteiger charge is 2.08. The van der Waals surface area contributed by atoms with Crippen molar-refractivity contribution in [3.8, 4) is 0 Å². The van der Waals surface area contributed by atoms with Crippen LogP contribution in [-0.2, 0) is 10.0 Å². The number of sulfonamides is 1. The third kappa shape index (κ3) is 3.83. The molecule has 1 atom stereocenters. The van der Waals surface area contributed by atoms with Crippen LogP contribution in [0.3, 0.4) is 0 Å². The Kier molecular flexibility index (Phi) is 4.32. The van der Waals surface area contributed by atoms with Crippen molar-refractivity contribution < 1.29 is 8.42 Å². The van der Waals surface area contributed by atoms with Crippen LogP contribution >= 0.6 is 0 Å². The molecule has 0 heterocycles. The van der Waals surface area contributed by atoms with Crippen LogP contribution in [0.4, 0.5) is 5.69 Å². The Morgan fingerprint density at radius 2 is 1.88 bits per heavy atom. The van der Waals surface area contributed by atoms with Gasteiger partial charge in [0.25, 0.3) is 0 Å². The van der Waals surface area contributed by atoms with Gasteiger partial charge in [0, 0.05) is 11.7 Å². The minimum absolute atomic E-state index is 0.0405. The fraction of sp³-hybridized carbons (Fsp3) is 0.455. The summed E-state index contributed by atoms with van der Waals surface area (Å²) in [5, 5.41) is 0. The highest BCUT2D eigenvalue weighted by Crippen LogP contribution is 2.15. The zero-order valence-electron chi connectivity index (χ0n) is 9.60. The van der Waals surface area contributed by atoms with Crippen LogP contribution < -0.4 is 10.5 Å². The largest absolute Gasteiger partial charge is 0.324 e. The van der Waals surface area contributed by atoms with Gasteiger partial charge in [0.05, 0.1) is 5.75 Å². The van der Waals surface area contributed by atoms with Crippen molar-refractivity contribution >= 4 is 15.7 Å². The molecule has 3 N–H and O–H groups in total. The molecule has 0 aromatic heterocycles. The number of nitrogens with one attached hydrogen (secondary N) is 1. The molecule has 5 heteroatoms. The maximum absolute atomic E-state index is 11.5. The van der Waals surface area contributed by atoms with Gasteiger partial charge in [-0.15, -0.1) is 0 Å². The zero-order chi connectivity index (χ0) is 12.2. The van der Waals surface area contributed by atoms with Crippen molar-refractivity contribution in [1.82, 2.24) is 0 Å². The first kappa shape index (κ1) is 13.0. The third-order valence-corrected chi connectivity index (χ3v) is 3.68. The van der Waals surface area contributed by atoms with Gasteiger partial charge in [0.1, 0.15) is 0 Å². The van der Waals surface area contributed by atoms with Crippen LogP contribution in [0.25, 0.3) is 0 Å². The van der Waals surface area contributed by atoms with Crippen molar-refractivity contribution in [3.05, 3.63) is 29.8 Å². The molecular weight excluding hydrogens is 224 g/mol. The molecule has 1 aromatic carbocycles. The fourth-order valence-corrected chi connectivity index (χ4v) is 2.49. The van der Waals surface area contributed by atoms with E-state index < -0.39 is 10.0 Å². The summed E-state index contributed by atoms with van der Waals surface area (Å²) in [4.78, 5) is 0. The summed E-state index contributed by atoms with van der Waals surface area (Å²) in [6.45, 7) is 3.72. The maximum Gasteiger partial charge on any atom is 0.232 e. The Hall–Kier alpha value is -1.07. The van der Waals surface area contributed by atoms with E-state index in [9.17, 15) is 8.42 Å². The summed E-state index contributed by atoms with van der Waals surface area (Å²) >= 11 is 0. The van der Waals surface area contributed by atoms with E-state index >= 15 is 0 Å². The molecule has 16 heavy (non-hydrogen) atoms. The van der Waals surface area contributed by atoms with Gasteiger partial charge >= 0.3 is 0 Å². The lowest BCUT2D eigenvalue weighted by Gasteiger charge is -2.09. The summed E-state index contributed by atoms with van der Waals surface area (Å²) in [7, 11) is -3.20. The van der Waals surface area contributed by atoms with Gasteiger partial charge in [-0.25, -0.2) is 8.42 Å². The molecule has 0 aliphatic heterocycles. The summed E-state index contributed by atoms with van der Waals surface area (Å²) in [6, 6.07) is 7.07. The average molecular weight is 242 g/mol. The normalized spacial score (nSPS) is 13.4. The number of anilines is 1. The van der Waals surface area contributed by atoms with Gasteiger partial charge < -0.3 is 5.73 Å². The first-order valence-electron chi connectivity index (χ1n) is 5.30. The number of hydrogen-bond donors (Lipinski definition) is 2. The van der Waals surface area contributed by atoms with E-state index in [2.05, 4.69) is 4.72 Å². The Balaban J connectivity index is 2.76. The summed E-state index contributed by atoms with van der Waals surface area (Å²) in [5.74, 6) is 0.141. The van der Waals surface area contributed by atoms with E-state index in [1.54, 1.807) is 12.1 Å². The molecule has 0 saturated heterocycles. The second-order valence-corrected chi connectivity index (χ2v) is 5.67. The Morgan fingerprint density at radius 3 is 2.31 bits per heavy atom. The number of hydrogen-bond acceptors (Lipinski definition) is 3. The Labute approximate surface area is 96.9 Å². The average Bonchev–Trinajstić information content (AvgIpc) is 2.17. The van der Waals surface area contributed by atoms with E-state index in [-0.39, 0.29) is 11.8 Å². The first-order chi connectivity index (χ1) is 7.44. The van der Waals surface area contributed by atoms with Gasteiger partial charge in [-0.1, -0.05) is 19.1 Å². The van der Waals surface area contributed by atoms with Crippen LogP contribution in [0.2, 0.25) is 0 Å². The number of nitrogens with two attached hydrogens (primary N) is 1. The van der Waals surface area contributed by atoms with Crippen molar-refractivity contribution in [3.63, 3.8) is 0 Å². The molecule has 0 bridgehead atoms. The predicted molar refractivity (Wildman–Crippen MR) is 66.7 cm³/mol. The van der Waals surface area contributed by atoms with E-state index in [0.29, 0.717) is 12.1 Å². The minimum atomic E-state index is -3.20. The second kappa shape index (κ2) is 5.32. The van der Waals surface area contributed by atoms with Gasteiger partial charge in [0.2, 0.25) is 10.0 Å². The maximum atomic E-state index is 11.5. The standard InChI is InChI=1S/C11H18N2O2S/c1-3-8-16(14,15)13-11-6-4-10(5-7-11)9(2)12/h4-7,9,13H,3,8,12H2,1-2H3/t9-/m1/s1. The number of benzene rings is 1. The Morgan fingerprint density at radius 1 is 1.31 bits per heavy atom. The molecule has 0 aliphatic carbocycles. The molecule has 1 rings (SSSR count). The first-order valence-corrected chi connectivity index (χ1v) is 6.96.